The minimum absolute atomic E-state index is 0.360. The number of benzene rings is 1. The SMILES string of the molecule is COCc1ccc(-n2ccnc2NC(C)C)cc1. The number of methoxy groups -OCH3 is 1. The largest absolute Gasteiger partial charge is 0.380 e. The van der Waals surface area contributed by atoms with Crippen molar-refractivity contribution in [2.75, 3.05) is 12.4 Å². The fourth-order valence-electron chi connectivity index (χ4n) is 1.80. The van der Waals surface area contributed by atoms with Gasteiger partial charge in [-0.1, -0.05) is 12.1 Å². The molecule has 0 unspecified atom stereocenters. The summed E-state index contributed by atoms with van der Waals surface area (Å²) in [6.45, 7) is 4.84. The van der Waals surface area contributed by atoms with Crippen LogP contribution in [0.15, 0.2) is 36.7 Å². The van der Waals surface area contributed by atoms with Crippen LogP contribution in [0.1, 0.15) is 19.4 Å². The van der Waals surface area contributed by atoms with E-state index in [-0.39, 0.29) is 0 Å². The van der Waals surface area contributed by atoms with Crippen molar-refractivity contribution in [1.82, 2.24) is 9.55 Å². The van der Waals surface area contributed by atoms with E-state index in [1.807, 2.05) is 10.8 Å². The number of nitrogens with zero attached hydrogens (tertiary/aromatic N) is 2. The number of imidazole rings is 1. The third-order valence-electron chi connectivity index (χ3n) is 2.58. The van der Waals surface area contributed by atoms with Gasteiger partial charge in [-0.25, -0.2) is 4.98 Å². The van der Waals surface area contributed by atoms with Crippen molar-refractivity contribution in [1.29, 1.82) is 0 Å². The summed E-state index contributed by atoms with van der Waals surface area (Å²) in [4.78, 5) is 4.32. The van der Waals surface area contributed by atoms with E-state index in [9.17, 15) is 0 Å². The Labute approximate surface area is 108 Å². The smallest absolute Gasteiger partial charge is 0.207 e. The Kier molecular flexibility index (Phi) is 3.99. The molecule has 18 heavy (non-hydrogen) atoms. The maximum atomic E-state index is 5.10. The topological polar surface area (TPSA) is 39.1 Å². The summed E-state index contributed by atoms with van der Waals surface area (Å²) in [5, 5.41) is 3.32. The maximum Gasteiger partial charge on any atom is 0.207 e. The molecule has 1 N–H and O–H groups in total. The molecule has 4 heteroatoms. The van der Waals surface area contributed by atoms with Gasteiger partial charge in [-0.2, -0.15) is 0 Å². The molecule has 4 nitrogen and oxygen atoms in total. The average Bonchev–Trinajstić information content (AvgIpc) is 2.78. The van der Waals surface area contributed by atoms with Gasteiger partial charge >= 0.3 is 0 Å². The highest BCUT2D eigenvalue weighted by atomic mass is 16.5. The Morgan fingerprint density at radius 3 is 2.61 bits per heavy atom. The minimum Gasteiger partial charge on any atom is -0.380 e. The zero-order chi connectivity index (χ0) is 13.0. The molecule has 1 aromatic carbocycles. The van der Waals surface area contributed by atoms with Crippen LogP contribution in [-0.2, 0) is 11.3 Å². The molecule has 96 valence electrons. The van der Waals surface area contributed by atoms with E-state index in [0.29, 0.717) is 12.6 Å². The molecule has 0 aliphatic carbocycles. The van der Waals surface area contributed by atoms with Gasteiger partial charge in [0.25, 0.3) is 0 Å². The predicted octanol–water partition coefficient (Wildman–Crippen LogP) is 2.84. The molecule has 0 saturated carbocycles. The molecule has 0 spiro atoms. The number of rotatable bonds is 5. The zero-order valence-electron chi connectivity index (χ0n) is 11.1. The second kappa shape index (κ2) is 5.69. The monoisotopic (exact) mass is 245 g/mol. The van der Waals surface area contributed by atoms with Crippen molar-refractivity contribution in [3.8, 4) is 5.69 Å². The first kappa shape index (κ1) is 12.6. The number of hydrogen-bond acceptors (Lipinski definition) is 3. The molecule has 0 bridgehead atoms. The lowest BCUT2D eigenvalue weighted by atomic mass is 10.2. The van der Waals surface area contributed by atoms with Gasteiger partial charge in [0.2, 0.25) is 5.95 Å². The first-order valence-corrected chi connectivity index (χ1v) is 6.09. The Morgan fingerprint density at radius 2 is 2.00 bits per heavy atom. The average molecular weight is 245 g/mol. The van der Waals surface area contributed by atoms with Crippen molar-refractivity contribution < 1.29 is 4.74 Å². The number of anilines is 1. The van der Waals surface area contributed by atoms with Crippen molar-refractivity contribution in [2.24, 2.45) is 0 Å². The van der Waals surface area contributed by atoms with Crippen molar-refractivity contribution >= 4 is 5.95 Å². The molecule has 2 aromatic rings. The van der Waals surface area contributed by atoms with E-state index >= 15 is 0 Å². The first-order chi connectivity index (χ1) is 8.70. The summed E-state index contributed by atoms with van der Waals surface area (Å²) >= 11 is 0. The van der Waals surface area contributed by atoms with Crippen LogP contribution in [0.3, 0.4) is 0 Å². The fourth-order valence-corrected chi connectivity index (χ4v) is 1.80. The summed E-state index contributed by atoms with van der Waals surface area (Å²) < 4.78 is 7.14. The van der Waals surface area contributed by atoms with Gasteiger partial charge in [-0.3, -0.25) is 4.57 Å². The Morgan fingerprint density at radius 1 is 1.28 bits per heavy atom. The molecule has 0 fully saturated rings. The Bertz CT molecular complexity index is 488. The third-order valence-corrected chi connectivity index (χ3v) is 2.58. The van der Waals surface area contributed by atoms with Gasteiger partial charge in [0.05, 0.1) is 6.61 Å². The second-order valence-corrected chi connectivity index (χ2v) is 4.52. The lowest BCUT2D eigenvalue weighted by molar-refractivity contribution is 0.185. The van der Waals surface area contributed by atoms with Gasteiger partial charge in [-0.05, 0) is 31.5 Å². The van der Waals surface area contributed by atoms with E-state index < -0.39 is 0 Å². The molecule has 0 aliphatic rings. The quantitative estimate of drug-likeness (QED) is 0.880. The summed E-state index contributed by atoms with van der Waals surface area (Å²) in [5.74, 6) is 0.865. The van der Waals surface area contributed by atoms with Crippen LogP contribution in [-0.4, -0.2) is 22.7 Å². The molecule has 0 aliphatic heterocycles. The molecule has 0 amide bonds. The van der Waals surface area contributed by atoms with E-state index in [1.54, 1.807) is 13.3 Å². The Hall–Kier alpha value is -1.81. The van der Waals surface area contributed by atoms with E-state index in [1.165, 1.54) is 5.56 Å². The third kappa shape index (κ3) is 2.90. The van der Waals surface area contributed by atoms with Crippen molar-refractivity contribution in [3.05, 3.63) is 42.2 Å². The van der Waals surface area contributed by atoms with E-state index in [0.717, 1.165) is 11.6 Å². The second-order valence-electron chi connectivity index (χ2n) is 4.52. The maximum absolute atomic E-state index is 5.10. The van der Waals surface area contributed by atoms with Crippen LogP contribution in [0.2, 0.25) is 0 Å². The number of aromatic nitrogens is 2. The molecule has 1 heterocycles. The highest BCUT2D eigenvalue weighted by Crippen LogP contribution is 2.16. The van der Waals surface area contributed by atoms with Crippen LogP contribution in [0.5, 0.6) is 0 Å². The van der Waals surface area contributed by atoms with Crippen molar-refractivity contribution in [3.63, 3.8) is 0 Å². The van der Waals surface area contributed by atoms with Crippen LogP contribution in [0, 0.1) is 0 Å². The molecule has 0 saturated heterocycles. The molecule has 0 radical (unpaired) electrons. The highest BCUT2D eigenvalue weighted by molar-refractivity contribution is 5.43. The van der Waals surface area contributed by atoms with E-state index in [2.05, 4.69) is 48.4 Å². The van der Waals surface area contributed by atoms with Gasteiger partial charge in [0.15, 0.2) is 0 Å². The van der Waals surface area contributed by atoms with Gasteiger partial charge in [0, 0.05) is 31.2 Å². The lowest BCUT2D eigenvalue weighted by Gasteiger charge is -2.12. The first-order valence-electron chi connectivity index (χ1n) is 6.09. The normalized spacial score (nSPS) is 10.9. The number of hydrogen-bond donors (Lipinski definition) is 1. The highest BCUT2D eigenvalue weighted by Gasteiger charge is 2.05. The van der Waals surface area contributed by atoms with Gasteiger partial charge in [0.1, 0.15) is 0 Å². The van der Waals surface area contributed by atoms with Gasteiger partial charge < -0.3 is 10.1 Å². The number of nitrogens with one attached hydrogen (secondary N) is 1. The summed E-state index contributed by atoms with van der Waals surface area (Å²) in [6.07, 6.45) is 3.75. The van der Waals surface area contributed by atoms with E-state index in [4.69, 9.17) is 4.74 Å². The van der Waals surface area contributed by atoms with Gasteiger partial charge in [-0.15, -0.1) is 0 Å². The summed E-state index contributed by atoms with van der Waals surface area (Å²) in [6, 6.07) is 8.64. The molecular formula is C14H19N3O. The zero-order valence-corrected chi connectivity index (χ0v) is 11.1. The van der Waals surface area contributed by atoms with Crippen LogP contribution in [0.4, 0.5) is 5.95 Å². The molecular weight excluding hydrogens is 226 g/mol. The fraction of sp³-hybridized carbons (Fsp3) is 0.357. The number of ether oxygens (including phenoxy) is 1. The molecule has 0 atom stereocenters. The Balaban J connectivity index is 2.23. The summed E-state index contributed by atoms with van der Waals surface area (Å²) in [5.41, 5.74) is 2.26. The molecule has 1 aromatic heterocycles. The summed E-state index contributed by atoms with van der Waals surface area (Å²) in [7, 11) is 1.70. The minimum atomic E-state index is 0.360. The standard InChI is InChI=1S/C14H19N3O/c1-11(2)16-14-15-8-9-17(14)13-6-4-12(5-7-13)10-18-3/h4-9,11H,10H2,1-3H3,(H,15,16). The lowest BCUT2D eigenvalue weighted by Crippen LogP contribution is -2.13. The van der Waals surface area contributed by atoms with Crippen LogP contribution < -0.4 is 5.32 Å². The van der Waals surface area contributed by atoms with Crippen molar-refractivity contribution in [2.45, 2.75) is 26.5 Å². The molecule has 2 rings (SSSR count). The predicted molar refractivity (Wildman–Crippen MR) is 73.0 cm³/mol. The van der Waals surface area contributed by atoms with Crippen LogP contribution in [0.25, 0.3) is 5.69 Å². The van der Waals surface area contributed by atoms with Crippen LogP contribution >= 0.6 is 0 Å².